The van der Waals surface area contributed by atoms with Crippen LogP contribution in [0, 0.1) is 0 Å². The minimum atomic E-state index is -0.405. The number of rotatable bonds is 5. The lowest BCUT2D eigenvalue weighted by Crippen LogP contribution is -2.04. The average Bonchev–Trinajstić information content (AvgIpc) is 3.17. The van der Waals surface area contributed by atoms with Gasteiger partial charge in [-0.3, -0.25) is 9.78 Å². The molecule has 3 rings (SSSR count). The Kier molecular flexibility index (Phi) is 4.00. The Hall–Kier alpha value is -2.89. The van der Waals surface area contributed by atoms with E-state index >= 15 is 0 Å². The van der Waals surface area contributed by atoms with Crippen LogP contribution in [-0.2, 0) is 11.3 Å². The van der Waals surface area contributed by atoms with Gasteiger partial charge in [-0.05, 0) is 18.6 Å². The fraction of sp³-hybridized carbons (Fsp3) is 0.188. The zero-order valence-electron chi connectivity index (χ0n) is 12.2. The zero-order chi connectivity index (χ0) is 15.4. The standard InChI is InChI=1S/C16H16N4O2/c1-2-22-16(21)15-8-14(18-19-15)13-9-17-20(11-13)10-12-6-4-3-5-7-12/h3-9,11H,2,10H2,1H3,(H,18,19). The van der Waals surface area contributed by atoms with Gasteiger partial charge in [0.1, 0.15) is 5.69 Å². The minimum absolute atomic E-state index is 0.336. The normalized spacial score (nSPS) is 10.6. The third kappa shape index (κ3) is 3.06. The largest absolute Gasteiger partial charge is 0.461 e. The van der Waals surface area contributed by atoms with Crippen LogP contribution >= 0.6 is 0 Å². The number of nitrogens with one attached hydrogen (secondary N) is 1. The molecule has 0 unspecified atom stereocenters. The summed E-state index contributed by atoms with van der Waals surface area (Å²) in [7, 11) is 0. The highest BCUT2D eigenvalue weighted by atomic mass is 16.5. The fourth-order valence-corrected chi connectivity index (χ4v) is 2.14. The van der Waals surface area contributed by atoms with E-state index < -0.39 is 5.97 Å². The van der Waals surface area contributed by atoms with Crippen molar-refractivity contribution in [3.8, 4) is 11.3 Å². The topological polar surface area (TPSA) is 72.8 Å². The van der Waals surface area contributed by atoms with Gasteiger partial charge < -0.3 is 4.74 Å². The molecule has 0 aliphatic rings. The molecule has 6 nitrogen and oxygen atoms in total. The molecule has 0 saturated heterocycles. The van der Waals surface area contributed by atoms with Gasteiger partial charge in [0.2, 0.25) is 0 Å². The van der Waals surface area contributed by atoms with Crippen molar-refractivity contribution in [1.29, 1.82) is 0 Å². The van der Waals surface area contributed by atoms with Crippen LogP contribution in [0.25, 0.3) is 11.3 Å². The second-order valence-corrected chi connectivity index (χ2v) is 4.80. The van der Waals surface area contributed by atoms with Crippen molar-refractivity contribution < 1.29 is 9.53 Å². The lowest BCUT2D eigenvalue weighted by Gasteiger charge is -2.00. The number of carbonyl (C=O) groups excluding carboxylic acids is 1. The molecule has 0 saturated carbocycles. The quantitative estimate of drug-likeness (QED) is 0.734. The molecule has 2 aromatic heterocycles. The molecular weight excluding hydrogens is 280 g/mol. The fourth-order valence-electron chi connectivity index (χ4n) is 2.14. The highest BCUT2D eigenvalue weighted by Gasteiger charge is 2.12. The van der Waals surface area contributed by atoms with Gasteiger partial charge in [0.15, 0.2) is 0 Å². The number of nitrogens with zero attached hydrogens (tertiary/aromatic N) is 3. The monoisotopic (exact) mass is 296 g/mol. The summed E-state index contributed by atoms with van der Waals surface area (Å²) in [6.07, 6.45) is 3.63. The van der Waals surface area contributed by atoms with Crippen LogP contribution in [0.4, 0.5) is 0 Å². The van der Waals surface area contributed by atoms with E-state index in [9.17, 15) is 4.79 Å². The third-order valence-corrected chi connectivity index (χ3v) is 3.19. The van der Waals surface area contributed by atoms with Crippen LogP contribution in [0.2, 0.25) is 0 Å². The molecule has 3 aromatic rings. The molecule has 0 fully saturated rings. The summed E-state index contributed by atoms with van der Waals surface area (Å²) in [4.78, 5) is 11.6. The lowest BCUT2D eigenvalue weighted by atomic mass is 10.2. The molecule has 0 spiro atoms. The van der Waals surface area contributed by atoms with E-state index in [4.69, 9.17) is 4.74 Å². The third-order valence-electron chi connectivity index (χ3n) is 3.19. The van der Waals surface area contributed by atoms with Crippen LogP contribution in [-0.4, -0.2) is 32.6 Å². The Morgan fingerprint density at radius 2 is 2.14 bits per heavy atom. The predicted molar refractivity (Wildman–Crippen MR) is 81.3 cm³/mol. The summed E-state index contributed by atoms with van der Waals surface area (Å²) >= 11 is 0. The average molecular weight is 296 g/mol. The first kappa shape index (κ1) is 14.1. The Morgan fingerprint density at radius 1 is 1.32 bits per heavy atom. The molecule has 0 atom stereocenters. The minimum Gasteiger partial charge on any atom is -0.461 e. The van der Waals surface area contributed by atoms with E-state index in [1.807, 2.05) is 29.1 Å². The number of ether oxygens (including phenoxy) is 1. The first-order valence-corrected chi connectivity index (χ1v) is 7.05. The van der Waals surface area contributed by atoms with Gasteiger partial charge in [-0.25, -0.2) is 4.79 Å². The van der Waals surface area contributed by atoms with Crippen LogP contribution in [0.5, 0.6) is 0 Å². The summed E-state index contributed by atoms with van der Waals surface area (Å²) in [6.45, 7) is 2.79. The van der Waals surface area contributed by atoms with E-state index in [-0.39, 0.29) is 0 Å². The SMILES string of the molecule is CCOC(=O)c1cc(-c2cnn(Cc3ccccc3)c2)n[nH]1. The molecule has 22 heavy (non-hydrogen) atoms. The zero-order valence-corrected chi connectivity index (χ0v) is 12.2. The maximum Gasteiger partial charge on any atom is 0.356 e. The van der Waals surface area contributed by atoms with Gasteiger partial charge in [-0.15, -0.1) is 0 Å². The Morgan fingerprint density at radius 3 is 2.91 bits per heavy atom. The molecule has 0 aliphatic carbocycles. The molecular formula is C16H16N4O2. The van der Waals surface area contributed by atoms with Crippen molar-refractivity contribution >= 4 is 5.97 Å². The van der Waals surface area contributed by atoms with Crippen LogP contribution in [0.15, 0.2) is 48.8 Å². The molecule has 0 bridgehead atoms. The van der Waals surface area contributed by atoms with Crippen LogP contribution in [0.3, 0.4) is 0 Å². The highest BCUT2D eigenvalue weighted by Crippen LogP contribution is 2.17. The van der Waals surface area contributed by atoms with Gasteiger partial charge in [0.25, 0.3) is 0 Å². The van der Waals surface area contributed by atoms with Crippen LogP contribution < -0.4 is 0 Å². The van der Waals surface area contributed by atoms with Gasteiger partial charge in [-0.2, -0.15) is 10.2 Å². The molecule has 0 amide bonds. The molecule has 1 N–H and O–H groups in total. The second kappa shape index (κ2) is 6.26. The van der Waals surface area contributed by atoms with E-state index in [0.29, 0.717) is 24.5 Å². The van der Waals surface area contributed by atoms with Crippen molar-refractivity contribution in [3.63, 3.8) is 0 Å². The first-order chi connectivity index (χ1) is 10.8. The maximum absolute atomic E-state index is 11.6. The number of aromatic nitrogens is 4. The van der Waals surface area contributed by atoms with Gasteiger partial charge in [0.05, 0.1) is 25.0 Å². The smallest absolute Gasteiger partial charge is 0.356 e. The van der Waals surface area contributed by atoms with E-state index in [0.717, 1.165) is 5.56 Å². The molecule has 112 valence electrons. The molecule has 0 aliphatic heterocycles. The molecule has 1 aromatic carbocycles. The summed E-state index contributed by atoms with van der Waals surface area (Å²) in [5, 5.41) is 11.1. The first-order valence-electron chi connectivity index (χ1n) is 7.05. The van der Waals surface area contributed by atoms with E-state index in [1.165, 1.54) is 5.56 Å². The van der Waals surface area contributed by atoms with Crippen molar-refractivity contribution in [2.75, 3.05) is 6.61 Å². The summed E-state index contributed by atoms with van der Waals surface area (Å²) in [6, 6.07) is 11.8. The van der Waals surface area contributed by atoms with Crippen LogP contribution in [0.1, 0.15) is 23.0 Å². The lowest BCUT2D eigenvalue weighted by molar-refractivity contribution is 0.0519. The molecule has 6 heteroatoms. The van der Waals surface area contributed by atoms with Crippen molar-refractivity contribution in [3.05, 3.63) is 60.0 Å². The number of esters is 1. The number of H-pyrrole nitrogens is 1. The second-order valence-electron chi connectivity index (χ2n) is 4.80. The summed E-state index contributed by atoms with van der Waals surface area (Å²) < 4.78 is 6.77. The number of hydrogen-bond acceptors (Lipinski definition) is 4. The predicted octanol–water partition coefficient (Wildman–Crippen LogP) is 2.50. The van der Waals surface area contributed by atoms with Gasteiger partial charge in [-0.1, -0.05) is 30.3 Å². The van der Waals surface area contributed by atoms with Gasteiger partial charge >= 0.3 is 5.97 Å². The van der Waals surface area contributed by atoms with Crippen molar-refractivity contribution in [2.45, 2.75) is 13.5 Å². The Balaban J connectivity index is 1.75. The molecule has 2 heterocycles. The summed E-state index contributed by atoms with van der Waals surface area (Å²) in [5.74, 6) is -0.405. The van der Waals surface area contributed by atoms with E-state index in [2.05, 4.69) is 27.4 Å². The van der Waals surface area contributed by atoms with E-state index in [1.54, 1.807) is 19.2 Å². The van der Waals surface area contributed by atoms with Gasteiger partial charge in [0, 0.05) is 11.8 Å². The highest BCUT2D eigenvalue weighted by molar-refractivity contribution is 5.88. The summed E-state index contributed by atoms with van der Waals surface area (Å²) in [5.41, 5.74) is 3.03. The number of carbonyl (C=O) groups is 1. The maximum atomic E-state index is 11.6. The number of aromatic amines is 1. The Bertz CT molecular complexity index is 761. The number of benzene rings is 1. The van der Waals surface area contributed by atoms with Crippen molar-refractivity contribution in [2.24, 2.45) is 0 Å². The Labute approximate surface area is 127 Å². The number of hydrogen-bond donors (Lipinski definition) is 1. The molecule has 0 radical (unpaired) electrons. The van der Waals surface area contributed by atoms with Crippen molar-refractivity contribution in [1.82, 2.24) is 20.0 Å².